The van der Waals surface area contributed by atoms with Gasteiger partial charge in [0.1, 0.15) is 5.52 Å². The Labute approximate surface area is 175 Å². The molecule has 0 radical (unpaired) electrons. The number of piperidine rings is 1. The molecule has 0 saturated carbocycles. The summed E-state index contributed by atoms with van der Waals surface area (Å²) in [6.07, 6.45) is 5.75. The number of nitrogens with zero attached hydrogens (tertiary/aromatic N) is 4. The van der Waals surface area contributed by atoms with Gasteiger partial charge in [0.15, 0.2) is 5.65 Å². The zero-order chi connectivity index (χ0) is 20.4. The number of aryl methyl sites for hydroxylation is 2. The molecule has 1 atom stereocenters. The molecule has 6 nitrogen and oxygen atoms in total. The van der Waals surface area contributed by atoms with Crippen LogP contribution in [0.5, 0.6) is 0 Å². The van der Waals surface area contributed by atoms with Gasteiger partial charge in [0.25, 0.3) is 0 Å². The molecule has 1 fully saturated rings. The molecule has 1 aliphatic heterocycles. The number of hydrogen-bond donors (Lipinski definition) is 1. The molecule has 29 heavy (non-hydrogen) atoms. The first-order valence-electron chi connectivity index (χ1n) is 9.84. The third-order valence-electron chi connectivity index (χ3n) is 5.43. The number of pyridine rings is 1. The van der Waals surface area contributed by atoms with E-state index >= 15 is 0 Å². The third kappa shape index (κ3) is 4.34. The number of benzene rings is 1. The van der Waals surface area contributed by atoms with E-state index in [1.54, 1.807) is 11.8 Å². The van der Waals surface area contributed by atoms with Crippen molar-refractivity contribution in [3.63, 3.8) is 0 Å². The van der Waals surface area contributed by atoms with Crippen molar-refractivity contribution in [1.82, 2.24) is 15.0 Å². The molecule has 3 aromatic rings. The molecule has 0 bridgehead atoms. The smallest absolute Gasteiger partial charge is 0.229 e. The summed E-state index contributed by atoms with van der Waals surface area (Å²) >= 11 is 1.69. The average Bonchev–Trinajstić information content (AvgIpc) is 2.75. The molecule has 2 aromatic heterocycles. The van der Waals surface area contributed by atoms with Crippen molar-refractivity contribution in [3.8, 4) is 0 Å². The normalized spacial score (nSPS) is 16.8. The summed E-state index contributed by atoms with van der Waals surface area (Å²) in [6, 6.07) is 10.0. The molecular formula is C22H25N5OS. The fourth-order valence-electron chi connectivity index (χ4n) is 3.62. The number of thioether (sulfide) groups is 1. The standard InChI is InChI=1S/C22H25N5OS/c1-14-15(2)25-21-20(24-14)11-18(12-23-21)27-10-4-5-16(13-27)22(28)26-17-6-8-19(29-3)9-7-17/h6-9,11-12,16H,4-5,10,13H2,1-3H3,(H,26,28)/t16-/m0/s1. The first-order chi connectivity index (χ1) is 14.0. The van der Waals surface area contributed by atoms with Crippen LogP contribution in [0.3, 0.4) is 0 Å². The van der Waals surface area contributed by atoms with Gasteiger partial charge in [-0.3, -0.25) is 4.79 Å². The van der Waals surface area contributed by atoms with E-state index in [-0.39, 0.29) is 11.8 Å². The maximum Gasteiger partial charge on any atom is 0.229 e. The van der Waals surface area contributed by atoms with Crippen LogP contribution in [0.15, 0.2) is 41.4 Å². The summed E-state index contributed by atoms with van der Waals surface area (Å²) in [6.45, 7) is 5.50. The zero-order valence-corrected chi connectivity index (χ0v) is 17.8. The largest absolute Gasteiger partial charge is 0.369 e. The van der Waals surface area contributed by atoms with Gasteiger partial charge in [0.05, 0.1) is 29.2 Å². The van der Waals surface area contributed by atoms with Crippen LogP contribution in [0.4, 0.5) is 11.4 Å². The van der Waals surface area contributed by atoms with Crippen LogP contribution in [0, 0.1) is 19.8 Å². The second-order valence-corrected chi connectivity index (χ2v) is 8.31. The van der Waals surface area contributed by atoms with Crippen molar-refractivity contribution in [2.24, 2.45) is 5.92 Å². The molecule has 1 amide bonds. The molecule has 1 aliphatic rings. The Kier molecular flexibility index (Phi) is 5.67. The lowest BCUT2D eigenvalue weighted by Crippen LogP contribution is -2.40. The van der Waals surface area contributed by atoms with E-state index in [4.69, 9.17) is 0 Å². The topological polar surface area (TPSA) is 71.0 Å². The van der Waals surface area contributed by atoms with Crippen molar-refractivity contribution in [2.75, 3.05) is 29.6 Å². The molecule has 3 heterocycles. The molecule has 7 heteroatoms. The minimum Gasteiger partial charge on any atom is -0.369 e. The van der Waals surface area contributed by atoms with E-state index in [2.05, 4.69) is 25.2 Å². The molecule has 0 spiro atoms. The lowest BCUT2D eigenvalue weighted by Gasteiger charge is -2.33. The van der Waals surface area contributed by atoms with Crippen LogP contribution in [-0.2, 0) is 4.79 Å². The molecule has 150 valence electrons. The van der Waals surface area contributed by atoms with Gasteiger partial charge in [0, 0.05) is 23.7 Å². The molecule has 1 aromatic carbocycles. The van der Waals surface area contributed by atoms with Gasteiger partial charge in [-0.1, -0.05) is 0 Å². The van der Waals surface area contributed by atoms with Crippen molar-refractivity contribution in [1.29, 1.82) is 0 Å². The number of anilines is 2. The number of carbonyl (C=O) groups excluding carboxylic acids is 1. The Morgan fingerprint density at radius 2 is 1.93 bits per heavy atom. The highest BCUT2D eigenvalue weighted by molar-refractivity contribution is 7.98. The van der Waals surface area contributed by atoms with Crippen LogP contribution in [0.25, 0.3) is 11.2 Å². The molecular weight excluding hydrogens is 382 g/mol. The second kappa shape index (κ2) is 8.37. The Hall–Kier alpha value is -2.67. The molecule has 0 aliphatic carbocycles. The summed E-state index contributed by atoms with van der Waals surface area (Å²) in [5.41, 5.74) is 5.12. The van der Waals surface area contributed by atoms with Gasteiger partial charge in [-0.2, -0.15) is 0 Å². The van der Waals surface area contributed by atoms with Crippen LogP contribution >= 0.6 is 11.8 Å². The lowest BCUT2D eigenvalue weighted by molar-refractivity contribution is -0.120. The maximum atomic E-state index is 12.8. The predicted molar refractivity (Wildman–Crippen MR) is 119 cm³/mol. The van der Waals surface area contributed by atoms with E-state index in [1.165, 1.54) is 4.90 Å². The minimum absolute atomic E-state index is 0.0505. The van der Waals surface area contributed by atoms with Gasteiger partial charge in [-0.15, -0.1) is 11.8 Å². The molecule has 0 unspecified atom stereocenters. The van der Waals surface area contributed by atoms with E-state index in [0.717, 1.165) is 47.7 Å². The second-order valence-electron chi connectivity index (χ2n) is 7.43. The summed E-state index contributed by atoms with van der Waals surface area (Å²) < 4.78 is 0. The van der Waals surface area contributed by atoms with Crippen LogP contribution in [0.2, 0.25) is 0 Å². The number of aromatic nitrogens is 3. The van der Waals surface area contributed by atoms with Crippen molar-refractivity contribution >= 4 is 40.2 Å². The van der Waals surface area contributed by atoms with Crippen LogP contribution < -0.4 is 10.2 Å². The van der Waals surface area contributed by atoms with Crippen LogP contribution in [-0.4, -0.2) is 40.2 Å². The zero-order valence-electron chi connectivity index (χ0n) is 17.0. The summed E-state index contributed by atoms with van der Waals surface area (Å²) in [7, 11) is 0. The fraction of sp³-hybridized carbons (Fsp3) is 0.364. The maximum absolute atomic E-state index is 12.8. The number of amides is 1. The van der Waals surface area contributed by atoms with E-state index in [9.17, 15) is 4.79 Å². The Bertz CT molecular complexity index is 1040. The minimum atomic E-state index is -0.0505. The number of fused-ring (bicyclic) bond motifs is 1. The van der Waals surface area contributed by atoms with E-state index in [1.807, 2.05) is 56.6 Å². The Morgan fingerprint density at radius 1 is 1.17 bits per heavy atom. The highest BCUT2D eigenvalue weighted by Crippen LogP contribution is 2.26. The van der Waals surface area contributed by atoms with E-state index in [0.29, 0.717) is 12.2 Å². The van der Waals surface area contributed by atoms with E-state index < -0.39 is 0 Å². The Morgan fingerprint density at radius 3 is 2.69 bits per heavy atom. The predicted octanol–water partition coefficient (Wildman–Crippen LogP) is 4.22. The quantitative estimate of drug-likeness (QED) is 0.653. The number of hydrogen-bond acceptors (Lipinski definition) is 6. The lowest BCUT2D eigenvalue weighted by atomic mass is 9.96. The fourth-order valence-corrected chi connectivity index (χ4v) is 4.03. The van der Waals surface area contributed by atoms with Gasteiger partial charge in [-0.25, -0.2) is 15.0 Å². The highest BCUT2D eigenvalue weighted by Gasteiger charge is 2.26. The Balaban J connectivity index is 1.48. The molecule has 4 rings (SSSR count). The summed E-state index contributed by atoms with van der Waals surface area (Å²) in [5.74, 6) is 0.0251. The average molecular weight is 408 g/mol. The van der Waals surface area contributed by atoms with Gasteiger partial charge < -0.3 is 10.2 Å². The SMILES string of the molecule is CSc1ccc(NC(=O)[C@H]2CCCN(c3cnc4nc(C)c(C)nc4c3)C2)cc1. The van der Waals surface area contributed by atoms with Gasteiger partial charge >= 0.3 is 0 Å². The van der Waals surface area contributed by atoms with Crippen molar-refractivity contribution in [2.45, 2.75) is 31.6 Å². The first kappa shape index (κ1) is 19.6. The van der Waals surface area contributed by atoms with Crippen LogP contribution in [0.1, 0.15) is 24.2 Å². The number of carbonyl (C=O) groups is 1. The van der Waals surface area contributed by atoms with Gasteiger partial charge in [-0.05, 0) is 63.3 Å². The highest BCUT2D eigenvalue weighted by atomic mass is 32.2. The number of rotatable bonds is 4. The monoisotopic (exact) mass is 407 g/mol. The summed E-state index contributed by atoms with van der Waals surface area (Å²) in [4.78, 5) is 29.8. The number of nitrogens with one attached hydrogen (secondary N) is 1. The van der Waals surface area contributed by atoms with Crippen molar-refractivity contribution in [3.05, 3.63) is 47.9 Å². The first-order valence-corrected chi connectivity index (χ1v) is 11.1. The third-order valence-corrected chi connectivity index (χ3v) is 6.18. The van der Waals surface area contributed by atoms with Gasteiger partial charge in [0.2, 0.25) is 5.91 Å². The summed E-state index contributed by atoms with van der Waals surface area (Å²) in [5, 5.41) is 3.07. The molecule has 1 N–H and O–H groups in total. The van der Waals surface area contributed by atoms with Crippen molar-refractivity contribution < 1.29 is 4.79 Å². The molecule has 1 saturated heterocycles.